The molecule has 0 radical (unpaired) electrons. The van der Waals surface area contributed by atoms with Crippen LogP contribution in [0, 0.1) is 5.92 Å². The van der Waals surface area contributed by atoms with Gasteiger partial charge in [-0.05, 0) is 50.1 Å². The summed E-state index contributed by atoms with van der Waals surface area (Å²) in [5.74, 6) is -0.0169. The molecule has 1 aromatic carbocycles. The van der Waals surface area contributed by atoms with E-state index in [1.54, 1.807) is 59.6 Å². The lowest BCUT2D eigenvalue weighted by Gasteiger charge is -2.34. The van der Waals surface area contributed by atoms with Gasteiger partial charge in [-0.25, -0.2) is 4.79 Å². The first-order valence-electron chi connectivity index (χ1n) is 14.2. The summed E-state index contributed by atoms with van der Waals surface area (Å²) in [6.45, 7) is 4.35. The summed E-state index contributed by atoms with van der Waals surface area (Å²) in [4.78, 5) is 46.4. The maximum Gasteiger partial charge on any atom is 0.317 e. The second kappa shape index (κ2) is 13.6. The molecule has 1 saturated carbocycles. The van der Waals surface area contributed by atoms with Crippen LogP contribution in [-0.2, 0) is 11.2 Å². The molecule has 10 nitrogen and oxygen atoms in total. The molecule has 1 aliphatic carbocycles. The zero-order valence-electron chi connectivity index (χ0n) is 23.6. The summed E-state index contributed by atoms with van der Waals surface area (Å²) in [5, 5.41) is 15.9. The van der Waals surface area contributed by atoms with Gasteiger partial charge in [0.25, 0.3) is 5.91 Å². The number of fused-ring (bicyclic) bond motifs is 1. The van der Waals surface area contributed by atoms with E-state index in [-0.39, 0.29) is 48.9 Å². The minimum atomic E-state index is -0.405. The quantitative estimate of drug-likeness (QED) is 0.484. The van der Waals surface area contributed by atoms with Crippen LogP contribution < -0.4 is 15.4 Å². The summed E-state index contributed by atoms with van der Waals surface area (Å²) in [6.07, 6.45) is 8.22. The predicted molar refractivity (Wildman–Crippen MR) is 152 cm³/mol. The zero-order valence-corrected chi connectivity index (χ0v) is 23.6. The SMILES string of the molecule is C[C@H](CO)N1C[C@H](C)[C@H](CN(C)C(=O)NC2CCCCC2)Oc2ccc(NC(=O)c3ccncc3)cc2CC1=O. The van der Waals surface area contributed by atoms with E-state index in [0.29, 0.717) is 35.7 Å². The number of nitrogens with one attached hydrogen (secondary N) is 2. The molecule has 0 saturated heterocycles. The second-order valence-electron chi connectivity index (χ2n) is 11.1. The van der Waals surface area contributed by atoms with Crippen molar-refractivity contribution in [3.05, 3.63) is 53.9 Å². The average Bonchev–Trinajstić information content (AvgIpc) is 3.01. The van der Waals surface area contributed by atoms with Crippen molar-refractivity contribution in [3.63, 3.8) is 0 Å². The number of aliphatic hydroxyl groups is 1. The Hall–Kier alpha value is -3.66. The first-order chi connectivity index (χ1) is 19.2. The molecule has 10 heteroatoms. The van der Waals surface area contributed by atoms with Gasteiger partial charge in [-0.3, -0.25) is 14.6 Å². The Labute approximate surface area is 236 Å². The van der Waals surface area contributed by atoms with Crippen LogP contribution in [0.5, 0.6) is 5.75 Å². The van der Waals surface area contributed by atoms with Gasteiger partial charge in [-0.15, -0.1) is 0 Å². The lowest BCUT2D eigenvalue weighted by Crippen LogP contribution is -2.50. The van der Waals surface area contributed by atoms with Crippen LogP contribution in [0.3, 0.4) is 0 Å². The first-order valence-corrected chi connectivity index (χ1v) is 14.2. The van der Waals surface area contributed by atoms with Gasteiger partial charge in [0.2, 0.25) is 5.91 Å². The second-order valence-corrected chi connectivity index (χ2v) is 11.1. The highest BCUT2D eigenvalue weighted by Gasteiger charge is 2.32. The molecule has 1 aromatic heterocycles. The van der Waals surface area contributed by atoms with Crippen LogP contribution in [0.2, 0.25) is 0 Å². The van der Waals surface area contributed by atoms with Gasteiger partial charge < -0.3 is 30.3 Å². The van der Waals surface area contributed by atoms with Crippen LogP contribution in [0.15, 0.2) is 42.7 Å². The molecule has 0 spiro atoms. The number of nitrogens with zero attached hydrogens (tertiary/aromatic N) is 3. The topological polar surface area (TPSA) is 124 Å². The van der Waals surface area contributed by atoms with E-state index in [1.165, 1.54) is 6.42 Å². The van der Waals surface area contributed by atoms with Crippen molar-refractivity contribution < 1.29 is 24.2 Å². The molecule has 40 heavy (non-hydrogen) atoms. The van der Waals surface area contributed by atoms with E-state index in [1.807, 2.05) is 13.8 Å². The maximum absolute atomic E-state index is 13.4. The number of hydrogen-bond donors (Lipinski definition) is 3. The normalized spacial score (nSPS) is 20.7. The number of aromatic nitrogens is 1. The fourth-order valence-corrected chi connectivity index (χ4v) is 5.32. The van der Waals surface area contributed by atoms with Gasteiger partial charge in [-0.1, -0.05) is 26.2 Å². The van der Waals surface area contributed by atoms with E-state index in [2.05, 4.69) is 15.6 Å². The van der Waals surface area contributed by atoms with Crippen molar-refractivity contribution in [2.75, 3.05) is 32.1 Å². The van der Waals surface area contributed by atoms with E-state index in [4.69, 9.17) is 4.74 Å². The van der Waals surface area contributed by atoms with Crippen LogP contribution in [-0.4, -0.2) is 82.7 Å². The number of aliphatic hydroxyl groups excluding tert-OH is 1. The highest BCUT2D eigenvalue weighted by molar-refractivity contribution is 6.04. The number of benzene rings is 1. The first kappa shape index (κ1) is 29.3. The molecule has 0 unspecified atom stereocenters. The van der Waals surface area contributed by atoms with E-state index in [9.17, 15) is 19.5 Å². The molecule has 2 aliphatic rings. The van der Waals surface area contributed by atoms with Gasteiger partial charge in [0.05, 0.1) is 25.6 Å². The highest BCUT2D eigenvalue weighted by atomic mass is 16.5. The van der Waals surface area contributed by atoms with Crippen molar-refractivity contribution in [3.8, 4) is 5.75 Å². The maximum atomic E-state index is 13.4. The zero-order chi connectivity index (χ0) is 28.6. The Morgan fingerprint density at radius 2 is 1.90 bits per heavy atom. The summed E-state index contributed by atoms with van der Waals surface area (Å²) >= 11 is 0. The van der Waals surface area contributed by atoms with Crippen molar-refractivity contribution in [1.29, 1.82) is 0 Å². The molecule has 1 aliphatic heterocycles. The smallest absolute Gasteiger partial charge is 0.317 e. The predicted octanol–water partition coefficient (Wildman–Crippen LogP) is 3.46. The van der Waals surface area contributed by atoms with Gasteiger partial charge in [0.1, 0.15) is 11.9 Å². The molecule has 0 bridgehead atoms. The lowest BCUT2D eigenvalue weighted by molar-refractivity contribution is -0.134. The van der Waals surface area contributed by atoms with E-state index < -0.39 is 6.10 Å². The highest BCUT2D eigenvalue weighted by Crippen LogP contribution is 2.29. The molecular formula is C30H41N5O5. The van der Waals surface area contributed by atoms with Crippen LogP contribution >= 0.6 is 0 Å². The number of rotatable bonds is 7. The fourth-order valence-electron chi connectivity index (χ4n) is 5.32. The van der Waals surface area contributed by atoms with Crippen LogP contribution in [0.4, 0.5) is 10.5 Å². The van der Waals surface area contributed by atoms with Crippen LogP contribution in [0.25, 0.3) is 0 Å². The molecule has 2 aromatic rings. The number of urea groups is 1. The summed E-state index contributed by atoms with van der Waals surface area (Å²) in [7, 11) is 1.76. The van der Waals surface area contributed by atoms with Gasteiger partial charge in [0.15, 0.2) is 0 Å². The lowest BCUT2D eigenvalue weighted by atomic mass is 9.96. The molecule has 4 amide bonds. The third-order valence-corrected chi connectivity index (χ3v) is 7.85. The molecule has 216 valence electrons. The number of anilines is 1. The molecule has 3 N–H and O–H groups in total. The van der Waals surface area contributed by atoms with Crippen molar-refractivity contribution in [2.24, 2.45) is 5.92 Å². The Balaban J connectivity index is 1.56. The molecule has 1 fully saturated rings. The Morgan fingerprint density at radius 1 is 1.18 bits per heavy atom. The third-order valence-electron chi connectivity index (χ3n) is 7.85. The van der Waals surface area contributed by atoms with Crippen molar-refractivity contribution in [2.45, 2.75) is 70.6 Å². The van der Waals surface area contributed by atoms with Crippen molar-refractivity contribution in [1.82, 2.24) is 20.1 Å². The number of ether oxygens (including phenoxy) is 1. The number of amides is 4. The number of pyridine rings is 1. The average molecular weight is 552 g/mol. The van der Waals surface area contributed by atoms with E-state index >= 15 is 0 Å². The molecule has 2 heterocycles. The Morgan fingerprint density at radius 3 is 2.60 bits per heavy atom. The monoisotopic (exact) mass is 551 g/mol. The van der Waals surface area contributed by atoms with E-state index in [0.717, 1.165) is 25.7 Å². The molecule has 3 atom stereocenters. The standard InChI is InChI=1S/C30H41N5O5/c1-20-17-35(21(2)19-36)28(37)16-23-15-25(32-29(38)22-11-13-31-14-12-22)9-10-26(23)40-27(20)18-34(3)30(39)33-24-7-5-4-6-8-24/h9-15,20-21,24,27,36H,4-8,16-19H2,1-3H3,(H,32,38)(H,33,39)/t20-,21+,27-/m0/s1. The van der Waals surface area contributed by atoms with Gasteiger partial charge in [-0.2, -0.15) is 0 Å². The summed E-state index contributed by atoms with van der Waals surface area (Å²) < 4.78 is 6.51. The largest absolute Gasteiger partial charge is 0.488 e. The third kappa shape index (κ3) is 7.50. The number of carbonyl (C=O) groups excluding carboxylic acids is 3. The summed E-state index contributed by atoms with van der Waals surface area (Å²) in [5.41, 5.74) is 1.63. The van der Waals surface area contributed by atoms with Crippen molar-refractivity contribution >= 4 is 23.5 Å². The summed E-state index contributed by atoms with van der Waals surface area (Å²) in [6, 6.07) is 8.20. The number of likely N-dealkylation sites (N-methyl/N-ethyl adjacent to an activating group) is 1. The molecular weight excluding hydrogens is 510 g/mol. The fraction of sp³-hybridized carbons (Fsp3) is 0.533. The Kier molecular flexibility index (Phi) is 9.98. The van der Waals surface area contributed by atoms with Gasteiger partial charge >= 0.3 is 6.03 Å². The molecule has 4 rings (SSSR count). The van der Waals surface area contributed by atoms with Crippen LogP contribution in [0.1, 0.15) is 61.9 Å². The number of hydrogen-bond acceptors (Lipinski definition) is 6. The Bertz CT molecular complexity index is 1170. The van der Waals surface area contributed by atoms with Gasteiger partial charge in [0, 0.05) is 54.8 Å². The minimum Gasteiger partial charge on any atom is -0.488 e. The number of carbonyl (C=O) groups is 3. The minimum absolute atomic E-state index is 0.0517.